The summed E-state index contributed by atoms with van der Waals surface area (Å²) in [6.45, 7) is 0.732. The minimum atomic E-state index is -5.26. The van der Waals surface area contributed by atoms with E-state index in [-0.39, 0.29) is 24.2 Å². The number of phosphoric acid groups is 1. The Kier molecular flexibility index (Phi) is 6.85. The largest absolute Gasteiger partial charge is 0.756 e. The number of nitrogens with zero attached hydrogens (tertiary/aromatic N) is 3. The van der Waals surface area contributed by atoms with E-state index in [0.717, 1.165) is 4.57 Å². The molecule has 2 aliphatic heterocycles. The number of hydrogen-bond acceptors (Lipinski definition) is 11. The number of ether oxygens (including phenoxy) is 2. The van der Waals surface area contributed by atoms with E-state index in [1.807, 2.05) is 0 Å². The maximum absolute atomic E-state index is 12.4. The Morgan fingerprint density at radius 3 is 2.74 bits per heavy atom. The fourth-order valence-corrected chi connectivity index (χ4v) is 5.12. The summed E-state index contributed by atoms with van der Waals surface area (Å²) >= 11 is 0. The molecule has 1 unspecified atom stereocenters. The van der Waals surface area contributed by atoms with E-state index in [0.29, 0.717) is 12.8 Å². The van der Waals surface area contributed by atoms with Crippen LogP contribution in [0.4, 0.5) is 5.82 Å². The predicted molar refractivity (Wildman–Crippen MR) is 116 cm³/mol. The fourth-order valence-electron chi connectivity index (χ4n) is 4.52. The molecule has 0 aliphatic carbocycles. The van der Waals surface area contributed by atoms with Crippen LogP contribution in [0, 0.1) is 6.92 Å². The van der Waals surface area contributed by atoms with Gasteiger partial charge in [-0.25, -0.2) is 9.59 Å². The number of nitrogen functional groups attached to an aromatic ring is 1. The topological polar surface area (TPSA) is 224 Å². The number of aromatic amines is 1. The summed E-state index contributed by atoms with van der Waals surface area (Å²) in [4.78, 5) is 62.9. The Labute approximate surface area is 197 Å². The van der Waals surface area contributed by atoms with Crippen LogP contribution in [0.1, 0.15) is 43.7 Å². The van der Waals surface area contributed by atoms with E-state index in [1.165, 1.54) is 30.0 Å². The molecule has 6 atom stereocenters. The molecule has 35 heavy (non-hydrogen) atoms. The van der Waals surface area contributed by atoms with Gasteiger partial charge in [-0.15, -0.1) is 0 Å². The molecule has 15 nitrogen and oxygen atoms in total. The van der Waals surface area contributed by atoms with Crippen LogP contribution in [0.2, 0.25) is 0 Å². The number of aryl methyl sites for hydroxylation is 1. The van der Waals surface area contributed by atoms with Crippen molar-refractivity contribution in [2.45, 2.75) is 62.9 Å². The van der Waals surface area contributed by atoms with Crippen molar-refractivity contribution in [3.8, 4) is 0 Å². The molecule has 5 N–H and O–H groups in total. The second kappa shape index (κ2) is 9.43. The van der Waals surface area contributed by atoms with Crippen molar-refractivity contribution in [2.75, 3.05) is 12.3 Å². The van der Waals surface area contributed by atoms with Gasteiger partial charge in [0.1, 0.15) is 30.0 Å². The number of hydrogen-bond donors (Lipinski definition) is 4. The summed E-state index contributed by atoms with van der Waals surface area (Å²) in [5.74, 6) is 0.0594. The van der Waals surface area contributed by atoms with Crippen LogP contribution >= 0.6 is 7.82 Å². The maximum Gasteiger partial charge on any atom is 0.351 e. The average molecular weight is 514 g/mol. The van der Waals surface area contributed by atoms with Crippen LogP contribution in [0.25, 0.3) is 0 Å². The third-order valence-corrected chi connectivity index (χ3v) is 6.70. The molecule has 0 spiro atoms. The number of H-pyrrole nitrogens is 1. The minimum absolute atomic E-state index is 0.0594. The number of nitrogens with two attached hydrogens (primary N) is 1. The molecule has 0 saturated carbocycles. The summed E-state index contributed by atoms with van der Waals surface area (Å²) in [5.41, 5.74) is 2.02. The van der Waals surface area contributed by atoms with Gasteiger partial charge in [0.15, 0.2) is 0 Å². The summed E-state index contributed by atoms with van der Waals surface area (Å²) < 4.78 is 30.6. The summed E-state index contributed by atoms with van der Waals surface area (Å²) in [6.07, 6.45) is -0.614. The lowest BCUT2D eigenvalue weighted by Gasteiger charge is -2.36. The van der Waals surface area contributed by atoms with Gasteiger partial charge in [-0.05, 0) is 25.8 Å². The minimum Gasteiger partial charge on any atom is -0.756 e. The summed E-state index contributed by atoms with van der Waals surface area (Å²) in [5, 5.41) is 10.3. The van der Waals surface area contributed by atoms with E-state index >= 15 is 0 Å². The van der Waals surface area contributed by atoms with Crippen molar-refractivity contribution in [1.29, 1.82) is 0 Å². The zero-order valence-corrected chi connectivity index (χ0v) is 19.5. The van der Waals surface area contributed by atoms with Gasteiger partial charge in [0.2, 0.25) is 0 Å². The summed E-state index contributed by atoms with van der Waals surface area (Å²) in [7, 11) is -5.26. The van der Waals surface area contributed by atoms with Crippen molar-refractivity contribution in [2.24, 2.45) is 0 Å². The van der Waals surface area contributed by atoms with E-state index in [2.05, 4.69) is 9.97 Å². The van der Waals surface area contributed by atoms with Gasteiger partial charge in [-0.3, -0.25) is 23.5 Å². The molecule has 16 heteroatoms. The highest BCUT2D eigenvalue weighted by Gasteiger charge is 2.53. The van der Waals surface area contributed by atoms with Crippen LogP contribution in [0.15, 0.2) is 32.8 Å². The first kappa shape index (κ1) is 25.4. The molecule has 0 bridgehead atoms. The highest BCUT2D eigenvalue weighted by molar-refractivity contribution is 7.44. The number of phosphoric ester groups is 1. The number of aromatic nitrogens is 4. The molecule has 192 valence electrons. The lowest BCUT2D eigenvalue weighted by molar-refractivity contribution is -0.232. The predicted octanol–water partition coefficient (Wildman–Crippen LogP) is -1.75. The third kappa shape index (κ3) is 5.30. The van der Waals surface area contributed by atoms with Crippen molar-refractivity contribution in [3.63, 3.8) is 0 Å². The van der Waals surface area contributed by atoms with E-state index in [9.17, 15) is 33.8 Å². The van der Waals surface area contributed by atoms with Gasteiger partial charge in [0.05, 0.1) is 12.7 Å². The van der Waals surface area contributed by atoms with E-state index in [4.69, 9.17) is 19.7 Å². The molecule has 4 rings (SSSR count). The van der Waals surface area contributed by atoms with Crippen LogP contribution in [-0.4, -0.2) is 53.5 Å². The molecule has 0 radical (unpaired) electrons. The van der Waals surface area contributed by atoms with E-state index < -0.39 is 61.6 Å². The molecule has 2 aromatic heterocycles. The van der Waals surface area contributed by atoms with Crippen molar-refractivity contribution in [3.05, 3.63) is 55.3 Å². The Bertz CT molecular complexity index is 1320. The van der Waals surface area contributed by atoms with Gasteiger partial charge in [0, 0.05) is 30.8 Å². The first-order valence-corrected chi connectivity index (χ1v) is 12.2. The van der Waals surface area contributed by atoms with Crippen LogP contribution in [0.5, 0.6) is 0 Å². The smallest absolute Gasteiger partial charge is 0.351 e. The molecule has 2 fully saturated rings. The third-order valence-electron chi connectivity index (χ3n) is 6.18. The molecular weight excluding hydrogens is 489 g/mol. The Hall–Kier alpha value is -2.65. The van der Waals surface area contributed by atoms with Crippen LogP contribution in [0.3, 0.4) is 0 Å². The second-order valence-corrected chi connectivity index (χ2v) is 9.76. The van der Waals surface area contributed by atoms with Gasteiger partial charge >= 0.3 is 11.4 Å². The van der Waals surface area contributed by atoms with Crippen molar-refractivity contribution >= 4 is 13.6 Å². The zero-order chi connectivity index (χ0) is 25.5. The quantitative estimate of drug-likeness (QED) is 0.302. The molecule has 0 aromatic carbocycles. The van der Waals surface area contributed by atoms with Gasteiger partial charge in [-0.2, -0.15) is 4.98 Å². The monoisotopic (exact) mass is 514 g/mol. The average Bonchev–Trinajstić information content (AvgIpc) is 3.35. The fraction of sp³-hybridized carbons (Fsp3) is 0.579. The Balaban J connectivity index is 1.60. The molecule has 4 heterocycles. The molecule has 2 saturated heterocycles. The number of aliphatic hydroxyl groups is 1. The lowest BCUT2D eigenvalue weighted by atomic mass is 9.90. The molecular formula is C19H25N5O10P-. The van der Waals surface area contributed by atoms with Crippen molar-refractivity contribution < 1.29 is 33.5 Å². The Morgan fingerprint density at radius 1 is 1.34 bits per heavy atom. The number of aliphatic hydroxyl groups excluding tert-OH is 1. The highest BCUT2D eigenvalue weighted by Crippen LogP contribution is 2.48. The van der Waals surface area contributed by atoms with E-state index in [1.54, 1.807) is 0 Å². The van der Waals surface area contributed by atoms with Gasteiger partial charge < -0.3 is 34.6 Å². The number of rotatable bonds is 7. The molecule has 0 amide bonds. The first-order valence-electron chi connectivity index (χ1n) is 10.7. The Morgan fingerprint density at radius 2 is 2.09 bits per heavy atom. The van der Waals surface area contributed by atoms with Crippen LogP contribution < -0.4 is 27.6 Å². The van der Waals surface area contributed by atoms with Crippen molar-refractivity contribution in [1.82, 2.24) is 19.1 Å². The normalized spacial score (nSPS) is 30.4. The second-order valence-electron chi connectivity index (χ2n) is 8.61. The zero-order valence-electron chi connectivity index (χ0n) is 18.6. The van der Waals surface area contributed by atoms with Crippen LogP contribution in [-0.2, 0) is 18.6 Å². The van der Waals surface area contributed by atoms with Gasteiger partial charge in [0.25, 0.3) is 13.4 Å². The van der Waals surface area contributed by atoms with Gasteiger partial charge in [-0.1, -0.05) is 0 Å². The lowest BCUT2D eigenvalue weighted by Crippen LogP contribution is -2.47. The number of nitrogens with one attached hydrogen (secondary N) is 1. The SMILES string of the molecule is Cc1cn([C@H]2C[C@H](OP(=O)([O-])O)[C@](CO)(C[C@@H]3CC[C@H](n4ccc(N)nc4=O)O3)O2)c(=O)[nH]c1=O. The maximum atomic E-state index is 12.4. The highest BCUT2D eigenvalue weighted by atomic mass is 31.2. The number of anilines is 1. The molecule has 2 aliphatic rings. The standard InChI is InChI=1S/C19H26N5O10P/c1-10-8-24(18(28)22-16(10)26)15-6-12(34-35(29,30)31)19(9-25,33-15)7-11-2-3-14(32-11)23-5-4-13(20)21-17(23)27/h4-5,8,11-12,14-15,25H,2-3,6-7,9H2,1H3,(H2,20,21,27)(H,22,26,28)(H2,29,30,31)/p-1/t11-,12-,14+,15+,19+/m0/s1. The first-order chi connectivity index (χ1) is 16.4. The summed E-state index contributed by atoms with van der Waals surface area (Å²) in [6, 6.07) is 1.44. The molecule has 2 aromatic rings.